The molecule has 25 heavy (non-hydrogen) atoms. The van der Waals surface area contributed by atoms with Crippen molar-refractivity contribution in [2.45, 2.75) is 26.7 Å². The summed E-state index contributed by atoms with van der Waals surface area (Å²) in [5.74, 6) is -0.441. The second-order valence-corrected chi connectivity index (χ2v) is 6.97. The summed E-state index contributed by atoms with van der Waals surface area (Å²) in [6, 6.07) is 7.11. The molecule has 1 aliphatic carbocycles. The molecule has 1 amide bonds. The molecule has 6 nitrogen and oxygen atoms in total. The lowest BCUT2D eigenvalue weighted by Crippen LogP contribution is -2.28. The quantitative estimate of drug-likeness (QED) is 0.517. The largest absolute Gasteiger partial charge is 0.391 e. The van der Waals surface area contributed by atoms with Gasteiger partial charge in [-0.3, -0.25) is 4.79 Å². The van der Waals surface area contributed by atoms with Crippen LogP contribution in [0.5, 0.6) is 0 Å². The molecular weight excluding hydrogens is 316 g/mol. The summed E-state index contributed by atoms with van der Waals surface area (Å²) in [5.41, 5.74) is 9.70. The van der Waals surface area contributed by atoms with Crippen LogP contribution in [0.15, 0.2) is 48.3 Å². The maximum atomic E-state index is 11.2. The summed E-state index contributed by atoms with van der Waals surface area (Å²) >= 11 is 0. The Labute approximate surface area is 147 Å². The van der Waals surface area contributed by atoms with Gasteiger partial charge in [0, 0.05) is 11.1 Å². The van der Waals surface area contributed by atoms with Crippen LogP contribution in [-0.2, 0) is 11.3 Å². The first-order chi connectivity index (χ1) is 11.9. The molecular formula is C19H22N4O2. The fraction of sp³-hybridized carbons (Fsp3) is 0.316. The van der Waals surface area contributed by atoms with Crippen molar-refractivity contribution in [1.82, 2.24) is 9.78 Å². The van der Waals surface area contributed by atoms with Crippen molar-refractivity contribution in [1.29, 1.82) is 0 Å². The molecule has 130 valence electrons. The molecule has 6 heteroatoms. The Kier molecular flexibility index (Phi) is 4.44. The Hall–Kier alpha value is -2.89. The van der Waals surface area contributed by atoms with Gasteiger partial charge in [0.05, 0.1) is 23.3 Å². The van der Waals surface area contributed by atoms with Crippen LogP contribution in [-0.4, -0.2) is 28.0 Å². The van der Waals surface area contributed by atoms with E-state index in [-0.39, 0.29) is 5.41 Å². The lowest BCUT2D eigenvalue weighted by molar-refractivity contribution is 0.100. The number of nitrogens with two attached hydrogens (primary N) is 1. The summed E-state index contributed by atoms with van der Waals surface area (Å²) in [6.45, 7) is 8.41. The SMILES string of the molecule is C=CCO/N=C1/CC(C)(C)Cc2c1cnn2-c1ccc(C(N)=O)cc1. The number of oxime groups is 1. The van der Waals surface area contributed by atoms with Crippen LogP contribution < -0.4 is 5.73 Å². The number of benzene rings is 1. The van der Waals surface area contributed by atoms with E-state index in [4.69, 9.17) is 10.6 Å². The van der Waals surface area contributed by atoms with E-state index >= 15 is 0 Å². The molecule has 0 radical (unpaired) electrons. The first-order valence-electron chi connectivity index (χ1n) is 8.18. The number of hydrogen-bond donors (Lipinski definition) is 1. The van der Waals surface area contributed by atoms with Crippen LogP contribution >= 0.6 is 0 Å². The van der Waals surface area contributed by atoms with Gasteiger partial charge in [-0.25, -0.2) is 4.68 Å². The molecule has 2 aromatic rings. The topological polar surface area (TPSA) is 82.5 Å². The lowest BCUT2D eigenvalue weighted by atomic mass is 9.76. The molecule has 1 aliphatic rings. The first-order valence-corrected chi connectivity index (χ1v) is 8.18. The zero-order chi connectivity index (χ0) is 18.0. The molecule has 1 heterocycles. The Bertz CT molecular complexity index is 832. The third-order valence-electron chi connectivity index (χ3n) is 4.24. The summed E-state index contributed by atoms with van der Waals surface area (Å²) in [5, 5.41) is 8.82. The fourth-order valence-electron chi connectivity index (χ4n) is 3.09. The van der Waals surface area contributed by atoms with E-state index in [1.165, 1.54) is 0 Å². The fourth-order valence-corrected chi connectivity index (χ4v) is 3.09. The van der Waals surface area contributed by atoms with Crippen LogP contribution in [0.1, 0.15) is 41.9 Å². The predicted octanol–water partition coefficient (Wildman–Crippen LogP) is 2.85. The van der Waals surface area contributed by atoms with E-state index in [1.807, 2.05) is 23.0 Å². The number of rotatable bonds is 5. The van der Waals surface area contributed by atoms with Crippen molar-refractivity contribution >= 4 is 11.6 Å². The number of aromatic nitrogens is 2. The summed E-state index contributed by atoms with van der Waals surface area (Å²) < 4.78 is 1.89. The second-order valence-electron chi connectivity index (χ2n) is 6.97. The number of carbonyl (C=O) groups is 1. The van der Waals surface area contributed by atoms with Gasteiger partial charge in [-0.05, 0) is 42.5 Å². The number of nitrogens with zero attached hydrogens (tertiary/aromatic N) is 3. The number of primary amides is 1. The monoisotopic (exact) mass is 338 g/mol. The van der Waals surface area contributed by atoms with Crippen molar-refractivity contribution in [2.24, 2.45) is 16.3 Å². The van der Waals surface area contributed by atoms with Gasteiger partial charge >= 0.3 is 0 Å². The molecule has 0 aliphatic heterocycles. The average Bonchev–Trinajstić information content (AvgIpc) is 2.97. The van der Waals surface area contributed by atoms with Gasteiger partial charge in [0.2, 0.25) is 5.91 Å². The van der Waals surface area contributed by atoms with Crippen molar-refractivity contribution in [2.75, 3.05) is 6.61 Å². The van der Waals surface area contributed by atoms with Crippen molar-refractivity contribution in [3.05, 3.63) is 59.9 Å². The highest BCUT2D eigenvalue weighted by atomic mass is 16.6. The van der Waals surface area contributed by atoms with Crippen LogP contribution in [0, 0.1) is 5.41 Å². The summed E-state index contributed by atoms with van der Waals surface area (Å²) in [7, 11) is 0. The molecule has 0 spiro atoms. The number of amides is 1. The van der Waals surface area contributed by atoms with Crippen LogP contribution in [0.4, 0.5) is 0 Å². The molecule has 0 atom stereocenters. The Balaban J connectivity index is 2.00. The first kappa shape index (κ1) is 17.0. The Morgan fingerprint density at radius 3 is 2.76 bits per heavy atom. The van der Waals surface area contributed by atoms with Crippen molar-refractivity contribution in [3.8, 4) is 5.69 Å². The van der Waals surface area contributed by atoms with Gasteiger partial charge in [0.15, 0.2) is 0 Å². The van der Waals surface area contributed by atoms with Gasteiger partial charge in [0.1, 0.15) is 6.61 Å². The van der Waals surface area contributed by atoms with Gasteiger partial charge in [-0.2, -0.15) is 5.10 Å². The summed E-state index contributed by atoms with van der Waals surface area (Å²) in [4.78, 5) is 16.6. The standard InChI is InChI=1S/C19H22N4O2/c1-4-9-25-22-16-10-19(2,3)11-17-15(16)12-21-23(17)14-7-5-13(6-8-14)18(20)24/h4-8,12H,1,9-11H2,2-3H3,(H2,20,24)/b22-16-. The molecule has 2 N–H and O–H groups in total. The molecule has 0 bridgehead atoms. The van der Waals surface area contributed by atoms with E-state index in [1.54, 1.807) is 18.2 Å². The maximum absolute atomic E-state index is 11.2. The van der Waals surface area contributed by atoms with Crippen LogP contribution in [0.2, 0.25) is 0 Å². The molecule has 0 saturated heterocycles. The number of fused-ring (bicyclic) bond motifs is 1. The minimum Gasteiger partial charge on any atom is -0.391 e. The Morgan fingerprint density at radius 1 is 1.40 bits per heavy atom. The number of carbonyl (C=O) groups excluding carboxylic acids is 1. The zero-order valence-corrected chi connectivity index (χ0v) is 14.5. The molecule has 1 aromatic heterocycles. The second kappa shape index (κ2) is 6.55. The molecule has 1 aromatic carbocycles. The molecule has 0 saturated carbocycles. The normalized spacial score (nSPS) is 17.1. The van der Waals surface area contributed by atoms with Crippen molar-refractivity contribution < 1.29 is 9.63 Å². The lowest BCUT2D eigenvalue weighted by Gasteiger charge is -2.30. The predicted molar refractivity (Wildman–Crippen MR) is 96.9 cm³/mol. The van der Waals surface area contributed by atoms with E-state index < -0.39 is 5.91 Å². The van der Waals surface area contributed by atoms with Gasteiger partial charge in [-0.15, -0.1) is 0 Å². The highest BCUT2D eigenvalue weighted by molar-refractivity contribution is 6.02. The molecule has 3 rings (SSSR count). The molecule has 0 fully saturated rings. The van der Waals surface area contributed by atoms with Gasteiger partial charge in [0.25, 0.3) is 0 Å². The minimum absolute atomic E-state index is 0.0499. The number of hydrogen-bond acceptors (Lipinski definition) is 4. The smallest absolute Gasteiger partial charge is 0.248 e. The minimum atomic E-state index is -0.441. The van der Waals surface area contributed by atoms with Crippen LogP contribution in [0.25, 0.3) is 5.69 Å². The zero-order valence-electron chi connectivity index (χ0n) is 14.5. The van der Waals surface area contributed by atoms with Crippen molar-refractivity contribution in [3.63, 3.8) is 0 Å². The highest BCUT2D eigenvalue weighted by Crippen LogP contribution is 2.36. The van der Waals surface area contributed by atoms with E-state index in [0.717, 1.165) is 35.5 Å². The summed E-state index contributed by atoms with van der Waals surface area (Å²) in [6.07, 6.45) is 5.19. The third-order valence-corrected chi connectivity index (χ3v) is 4.24. The van der Waals surface area contributed by atoms with E-state index in [9.17, 15) is 4.79 Å². The van der Waals surface area contributed by atoms with E-state index in [0.29, 0.717) is 12.2 Å². The average molecular weight is 338 g/mol. The van der Waals surface area contributed by atoms with Gasteiger partial charge in [-0.1, -0.05) is 31.7 Å². The van der Waals surface area contributed by atoms with Crippen LogP contribution in [0.3, 0.4) is 0 Å². The van der Waals surface area contributed by atoms with E-state index in [2.05, 4.69) is 30.7 Å². The Morgan fingerprint density at radius 2 is 2.12 bits per heavy atom. The maximum Gasteiger partial charge on any atom is 0.248 e. The third kappa shape index (κ3) is 3.47. The van der Waals surface area contributed by atoms with Gasteiger partial charge < -0.3 is 10.6 Å². The highest BCUT2D eigenvalue weighted by Gasteiger charge is 2.33. The molecule has 0 unspecified atom stereocenters.